The van der Waals surface area contributed by atoms with E-state index in [1.54, 1.807) is 0 Å². The molecule has 0 aromatic carbocycles. The lowest BCUT2D eigenvalue weighted by atomic mass is 10.0. The zero-order chi connectivity index (χ0) is 21.8. The molecule has 4 nitrogen and oxygen atoms in total. The summed E-state index contributed by atoms with van der Waals surface area (Å²) >= 11 is 0. The lowest BCUT2D eigenvalue weighted by Gasteiger charge is -2.37. The first-order valence-electron chi connectivity index (χ1n) is 12.7. The Morgan fingerprint density at radius 1 is 0.724 bits per heavy atom. The molecular weight excluding hydrogens is 360 g/mol. The van der Waals surface area contributed by atoms with E-state index in [1.807, 2.05) is 0 Å². The standard InChI is InChI=1S/C25H52N2O2/c1-5-7-8-9-10-11-12-13-14-15-16-17-18-19-20-21-25(29)26-24(23-28)27(3,4)22-6-2/h24,28H,5-23H2,1-4H3/p+1. The summed E-state index contributed by atoms with van der Waals surface area (Å²) < 4.78 is 0.637. The Kier molecular flexibility index (Phi) is 19.0. The van der Waals surface area contributed by atoms with Gasteiger partial charge in [-0.2, -0.15) is 0 Å². The number of hydrogen-bond acceptors (Lipinski definition) is 2. The molecule has 0 heterocycles. The smallest absolute Gasteiger partial charge is 0.224 e. The van der Waals surface area contributed by atoms with Gasteiger partial charge in [-0.1, -0.05) is 104 Å². The Labute approximate surface area is 182 Å². The molecule has 0 aliphatic carbocycles. The molecule has 174 valence electrons. The predicted octanol–water partition coefficient (Wildman–Crippen LogP) is 6.17. The zero-order valence-electron chi connectivity index (χ0n) is 20.3. The van der Waals surface area contributed by atoms with Crippen LogP contribution in [0.4, 0.5) is 0 Å². The molecule has 1 atom stereocenters. The number of aliphatic hydroxyl groups excluding tert-OH is 1. The normalized spacial score (nSPS) is 12.9. The number of aliphatic hydroxyl groups is 1. The van der Waals surface area contributed by atoms with E-state index in [0.717, 1.165) is 25.8 Å². The molecule has 0 aliphatic rings. The zero-order valence-corrected chi connectivity index (χ0v) is 20.3. The third kappa shape index (κ3) is 16.8. The van der Waals surface area contributed by atoms with Gasteiger partial charge < -0.3 is 14.9 Å². The van der Waals surface area contributed by atoms with Crippen LogP contribution in [0.2, 0.25) is 0 Å². The van der Waals surface area contributed by atoms with Crippen LogP contribution in [-0.4, -0.2) is 48.9 Å². The van der Waals surface area contributed by atoms with E-state index in [0.29, 0.717) is 10.9 Å². The average molecular weight is 414 g/mol. The molecule has 0 aromatic rings. The molecule has 0 rings (SSSR count). The minimum atomic E-state index is -0.196. The molecule has 29 heavy (non-hydrogen) atoms. The minimum Gasteiger partial charge on any atom is -0.388 e. The van der Waals surface area contributed by atoms with E-state index in [9.17, 15) is 9.90 Å². The minimum absolute atomic E-state index is 0.00238. The highest BCUT2D eigenvalue weighted by molar-refractivity contribution is 5.75. The molecule has 0 saturated carbocycles. The second-order valence-corrected chi connectivity index (χ2v) is 9.47. The van der Waals surface area contributed by atoms with Crippen LogP contribution < -0.4 is 5.32 Å². The lowest BCUT2D eigenvalue weighted by molar-refractivity contribution is -0.917. The second kappa shape index (κ2) is 19.4. The first-order valence-corrected chi connectivity index (χ1v) is 12.7. The molecule has 0 aliphatic heterocycles. The SMILES string of the molecule is CCCCCCCCCCCCCCCCCC(=O)NC(CO)[N+](C)(C)CCC. The molecule has 1 amide bonds. The van der Waals surface area contributed by atoms with Gasteiger partial charge in [-0.25, -0.2) is 0 Å². The quantitative estimate of drug-likeness (QED) is 0.134. The summed E-state index contributed by atoms with van der Waals surface area (Å²) in [5.74, 6) is 0.0843. The summed E-state index contributed by atoms with van der Waals surface area (Å²) in [6, 6.07) is 0. The van der Waals surface area contributed by atoms with E-state index in [-0.39, 0.29) is 18.7 Å². The average Bonchev–Trinajstić information content (AvgIpc) is 2.68. The number of hydrogen-bond donors (Lipinski definition) is 2. The summed E-state index contributed by atoms with van der Waals surface area (Å²) in [6.07, 6.45) is 21.5. The molecule has 0 fully saturated rings. The van der Waals surface area contributed by atoms with E-state index < -0.39 is 0 Å². The van der Waals surface area contributed by atoms with Crippen LogP contribution in [0, 0.1) is 0 Å². The largest absolute Gasteiger partial charge is 0.388 e. The highest BCUT2D eigenvalue weighted by atomic mass is 16.3. The fourth-order valence-electron chi connectivity index (χ4n) is 4.09. The molecule has 0 bridgehead atoms. The molecule has 0 radical (unpaired) electrons. The van der Waals surface area contributed by atoms with Crippen molar-refractivity contribution >= 4 is 5.91 Å². The summed E-state index contributed by atoms with van der Waals surface area (Å²) in [4.78, 5) is 12.2. The maximum Gasteiger partial charge on any atom is 0.224 e. The van der Waals surface area contributed by atoms with Crippen molar-refractivity contribution in [2.24, 2.45) is 0 Å². The number of amides is 1. The number of rotatable bonds is 21. The van der Waals surface area contributed by atoms with Gasteiger partial charge in [0.05, 0.1) is 20.6 Å². The van der Waals surface area contributed by atoms with Crippen LogP contribution in [-0.2, 0) is 4.79 Å². The number of carbonyl (C=O) groups is 1. The Hall–Kier alpha value is -0.610. The van der Waals surface area contributed by atoms with Gasteiger partial charge in [0.1, 0.15) is 6.61 Å². The Morgan fingerprint density at radius 3 is 1.52 bits per heavy atom. The van der Waals surface area contributed by atoms with Crippen molar-refractivity contribution in [3.63, 3.8) is 0 Å². The van der Waals surface area contributed by atoms with Gasteiger partial charge in [0, 0.05) is 6.42 Å². The number of nitrogens with zero attached hydrogens (tertiary/aromatic N) is 1. The fourth-order valence-corrected chi connectivity index (χ4v) is 4.09. The Morgan fingerprint density at radius 2 is 1.14 bits per heavy atom. The van der Waals surface area contributed by atoms with Crippen LogP contribution in [0.15, 0.2) is 0 Å². The molecule has 2 N–H and O–H groups in total. The topological polar surface area (TPSA) is 49.3 Å². The van der Waals surface area contributed by atoms with Crippen LogP contribution in [0.25, 0.3) is 0 Å². The molecule has 0 saturated heterocycles. The summed E-state index contributed by atoms with van der Waals surface area (Å²) in [5.41, 5.74) is 0. The molecule has 0 spiro atoms. The molecule has 4 heteroatoms. The molecule has 0 aromatic heterocycles. The maximum absolute atomic E-state index is 12.2. The van der Waals surface area contributed by atoms with Crippen LogP contribution in [0.1, 0.15) is 123 Å². The van der Waals surface area contributed by atoms with Gasteiger partial charge >= 0.3 is 0 Å². The van der Waals surface area contributed by atoms with Crippen LogP contribution in [0.5, 0.6) is 0 Å². The van der Waals surface area contributed by atoms with Crippen molar-refractivity contribution in [1.29, 1.82) is 0 Å². The van der Waals surface area contributed by atoms with Crippen molar-refractivity contribution < 1.29 is 14.4 Å². The monoisotopic (exact) mass is 413 g/mol. The van der Waals surface area contributed by atoms with Crippen LogP contribution >= 0.6 is 0 Å². The number of carbonyl (C=O) groups excluding carboxylic acids is 1. The summed E-state index contributed by atoms with van der Waals surface area (Å²) in [7, 11) is 4.14. The van der Waals surface area contributed by atoms with E-state index in [4.69, 9.17) is 0 Å². The van der Waals surface area contributed by atoms with Gasteiger partial charge in [0.2, 0.25) is 5.91 Å². The van der Waals surface area contributed by atoms with Gasteiger partial charge in [-0.15, -0.1) is 0 Å². The molecule has 1 unspecified atom stereocenters. The number of likely N-dealkylation sites (N-methyl/N-ethyl adjacent to an activating group) is 1. The predicted molar refractivity (Wildman–Crippen MR) is 126 cm³/mol. The van der Waals surface area contributed by atoms with Gasteiger partial charge in [0.15, 0.2) is 6.17 Å². The second-order valence-electron chi connectivity index (χ2n) is 9.47. The maximum atomic E-state index is 12.2. The number of nitrogens with one attached hydrogen (secondary N) is 1. The third-order valence-electron chi connectivity index (χ3n) is 6.15. The highest BCUT2D eigenvalue weighted by Gasteiger charge is 2.27. The fraction of sp³-hybridized carbons (Fsp3) is 0.960. The number of unbranched alkanes of at least 4 members (excludes halogenated alkanes) is 14. The first-order chi connectivity index (χ1) is 14.0. The van der Waals surface area contributed by atoms with Gasteiger partial charge in [0.25, 0.3) is 0 Å². The van der Waals surface area contributed by atoms with E-state index in [1.165, 1.54) is 83.5 Å². The Balaban J connectivity index is 3.48. The van der Waals surface area contributed by atoms with Crippen molar-refractivity contribution in [3.05, 3.63) is 0 Å². The summed E-state index contributed by atoms with van der Waals surface area (Å²) in [5, 5.41) is 12.6. The van der Waals surface area contributed by atoms with Crippen molar-refractivity contribution in [2.45, 2.75) is 129 Å². The van der Waals surface area contributed by atoms with Crippen molar-refractivity contribution in [1.82, 2.24) is 5.32 Å². The summed E-state index contributed by atoms with van der Waals surface area (Å²) in [6.45, 7) is 5.35. The van der Waals surface area contributed by atoms with E-state index >= 15 is 0 Å². The van der Waals surface area contributed by atoms with Crippen molar-refractivity contribution in [2.75, 3.05) is 27.2 Å². The highest BCUT2D eigenvalue weighted by Crippen LogP contribution is 2.14. The van der Waals surface area contributed by atoms with Crippen LogP contribution in [0.3, 0.4) is 0 Å². The first kappa shape index (κ1) is 28.4. The Bertz CT molecular complexity index is 372. The number of quaternary nitrogens is 1. The van der Waals surface area contributed by atoms with Gasteiger partial charge in [-0.3, -0.25) is 4.79 Å². The van der Waals surface area contributed by atoms with Crippen molar-refractivity contribution in [3.8, 4) is 0 Å². The molecular formula is C25H53N2O2+. The van der Waals surface area contributed by atoms with Gasteiger partial charge in [-0.05, 0) is 12.8 Å². The lowest BCUT2D eigenvalue weighted by Crippen LogP contribution is -2.59. The third-order valence-corrected chi connectivity index (χ3v) is 6.15. The van der Waals surface area contributed by atoms with E-state index in [2.05, 4.69) is 33.3 Å².